The number of carbonyl (C=O) groups excluding carboxylic acids is 1. The van der Waals surface area contributed by atoms with Crippen molar-refractivity contribution in [3.8, 4) is 0 Å². The highest BCUT2D eigenvalue weighted by Gasteiger charge is 2.28. The summed E-state index contributed by atoms with van der Waals surface area (Å²) >= 11 is 0. The van der Waals surface area contributed by atoms with E-state index in [2.05, 4.69) is 17.4 Å². The van der Waals surface area contributed by atoms with Crippen LogP contribution in [0.5, 0.6) is 0 Å². The quantitative estimate of drug-likeness (QED) is 0.748. The third kappa shape index (κ3) is 5.69. The third-order valence-electron chi connectivity index (χ3n) is 4.42. The van der Waals surface area contributed by atoms with Crippen molar-refractivity contribution in [1.82, 2.24) is 5.32 Å². The second-order valence-electron chi connectivity index (χ2n) is 6.39. The summed E-state index contributed by atoms with van der Waals surface area (Å²) in [5.41, 5.74) is 2.35. The average Bonchev–Trinajstić information content (AvgIpc) is 2.66. The Morgan fingerprint density at radius 3 is 2.40 bits per heavy atom. The van der Waals surface area contributed by atoms with E-state index in [0.29, 0.717) is 19.6 Å². The second-order valence-corrected chi connectivity index (χ2v) is 6.39. The van der Waals surface area contributed by atoms with Crippen LogP contribution in [0, 0.1) is 0 Å². The molecule has 2 unspecified atom stereocenters. The molecule has 0 bridgehead atoms. The molecule has 2 atom stereocenters. The van der Waals surface area contributed by atoms with Crippen LogP contribution in [0.2, 0.25) is 0 Å². The van der Waals surface area contributed by atoms with Crippen LogP contribution in [0.3, 0.4) is 0 Å². The van der Waals surface area contributed by atoms with E-state index in [1.807, 2.05) is 48.5 Å². The number of rotatable bonds is 8. The van der Waals surface area contributed by atoms with Gasteiger partial charge in [-0.1, -0.05) is 60.7 Å². The Bertz CT molecular complexity index is 645. The lowest BCUT2D eigenvalue weighted by molar-refractivity contribution is -0.156. The van der Waals surface area contributed by atoms with Gasteiger partial charge >= 0.3 is 5.97 Å². The van der Waals surface area contributed by atoms with E-state index in [4.69, 9.17) is 9.47 Å². The highest BCUT2D eigenvalue weighted by atomic mass is 16.5. The van der Waals surface area contributed by atoms with Crippen molar-refractivity contribution in [2.24, 2.45) is 0 Å². The zero-order chi connectivity index (χ0) is 17.3. The minimum absolute atomic E-state index is 0.00633. The fraction of sp³-hybridized carbons (Fsp3) is 0.381. The minimum atomic E-state index is -0.124. The standard InChI is InChI=1S/C21H25NO3/c23-21-13-7-12-20(25-21)19(22-14-17-8-3-1-4-9-17)16-24-15-18-10-5-2-6-11-18/h1-6,8-11,19-20,22H,7,12-16H2. The lowest BCUT2D eigenvalue weighted by Gasteiger charge is -2.30. The van der Waals surface area contributed by atoms with Crippen molar-refractivity contribution < 1.29 is 14.3 Å². The van der Waals surface area contributed by atoms with E-state index in [9.17, 15) is 4.79 Å². The van der Waals surface area contributed by atoms with Crippen LogP contribution < -0.4 is 5.32 Å². The first-order valence-electron chi connectivity index (χ1n) is 8.90. The van der Waals surface area contributed by atoms with Gasteiger partial charge in [-0.3, -0.25) is 4.79 Å². The lowest BCUT2D eigenvalue weighted by atomic mass is 10.0. The van der Waals surface area contributed by atoms with E-state index in [-0.39, 0.29) is 18.1 Å². The molecule has 2 aromatic carbocycles. The van der Waals surface area contributed by atoms with Crippen molar-refractivity contribution in [2.45, 2.75) is 44.6 Å². The number of hydrogen-bond acceptors (Lipinski definition) is 4. The zero-order valence-corrected chi connectivity index (χ0v) is 14.4. The van der Waals surface area contributed by atoms with Crippen molar-refractivity contribution in [3.05, 3.63) is 71.8 Å². The molecule has 1 fully saturated rings. The molecule has 0 aromatic heterocycles. The molecule has 2 aromatic rings. The first kappa shape index (κ1) is 17.6. The summed E-state index contributed by atoms with van der Waals surface area (Å²) in [6.07, 6.45) is 2.16. The number of ether oxygens (including phenoxy) is 2. The molecular weight excluding hydrogens is 314 g/mol. The number of nitrogens with one attached hydrogen (secondary N) is 1. The number of esters is 1. The highest BCUT2D eigenvalue weighted by Crippen LogP contribution is 2.18. The molecular formula is C21H25NO3. The number of benzene rings is 2. The Morgan fingerprint density at radius 2 is 1.72 bits per heavy atom. The molecule has 4 nitrogen and oxygen atoms in total. The van der Waals surface area contributed by atoms with Crippen molar-refractivity contribution in [2.75, 3.05) is 6.61 Å². The van der Waals surface area contributed by atoms with Crippen LogP contribution in [0.1, 0.15) is 30.4 Å². The van der Waals surface area contributed by atoms with Gasteiger partial charge in [-0.25, -0.2) is 0 Å². The molecule has 25 heavy (non-hydrogen) atoms. The molecule has 3 rings (SSSR count). The summed E-state index contributed by atoms with van der Waals surface area (Å²) in [5.74, 6) is -0.106. The summed E-state index contributed by atoms with van der Waals surface area (Å²) in [5, 5.41) is 3.51. The van der Waals surface area contributed by atoms with Gasteiger partial charge in [0.25, 0.3) is 0 Å². The molecule has 132 valence electrons. The van der Waals surface area contributed by atoms with Gasteiger partial charge in [0.1, 0.15) is 6.10 Å². The number of cyclic esters (lactones) is 1. The van der Waals surface area contributed by atoms with Gasteiger partial charge in [-0.05, 0) is 24.0 Å². The van der Waals surface area contributed by atoms with Crippen LogP contribution in [-0.4, -0.2) is 24.7 Å². The Hall–Kier alpha value is -2.17. The molecule has 0 radical (unpaired) electrons. The molecule has 4 heteroatoms. The maximum atomic E-state index is 11.7. The number of hydrogen-bond donors (Lipinski definition) is 1. The van der Waals surface area contributed by atoms with E-state index in [1.54, 1.807) is 0 Å². The van der Waals surface area contributed by atoms with Crippen LogP contribution in [-0.2, 0) is 27.4 Å². The Balaban J connectivity index is 1.56. The van der Waals surface area contributed by atoms with Gasteiger partial charge in [0.15, 0.2) is 0 Å². The van der Waals surface area contributed by atoms with E-state index >= 15 is 0 Å². The fourth-order valence-corrected chi connectivity index (χ4v) is 3.04. The van der Waals surface area contributed by atoms with E-state index in [0.717, 1.165) is 24.9 Å². The van der Waals surface area contributed by atoms with Crippen molar-refractivity contribution in [3.63, 3.8) is 0 Å². The minimum Gasteiger partial charge on any atom is -0.461 e. The Kier molecular flexibility index (Phi) is 6.60. The summed E-state index contributed by atoms with van der Waals surface area (Å²) in [6, 6.07) is 20.3. The average molecular weight is 339 g/mol. The van der Waals surface area contributed by atoms with Gasteiger partial charge in [0.05, 0.1) is 19.3 Å². The maximum Gasteiger partial charge on any atom is 0.306 e. The van der Waals surface area contributed by atoms with Gasteiger partial charge in [0, 0.05) is 13.0 Å². The molecule has 1 aliphatic rings. The van der Waals surface area contributed by atoms with Crippen LogP contribution in [0.4, 0.5) is 0 Å². The first-order chi connectivity index (χ1) is 12.3. The van der Waals surface area contributed by atoms with Crippen LogP contribution >= 0.6 is 0 Å². The topological polar surface area (TPSA) is 47.6 Å². The maximum absolute atomic E-state index is 11.7. The zero-order valence-electron chi connectivity index (χ0n) is 14.4. The van der Waals surface area contributed by atoms with Gasteiger partial charge < -0.3 is 14.8 Å². The molecule has 0 aliphatic carbocycles. The lowest BCUT2D eigenvalue weighted by Crippen LogP contribution is -2.46. The largest absolute Gasteiger partial charge is 0.461 e. The fourth-order valence-electron chi connectivity index (χ4n) is 3.04. The predicted molar refractivity (Wildman–Crippen MR) is 96.9 cm³/mol. The van der Waals surface area contributed by atoms with Crippen molar-refractivity contribution in [1.29, 1.82) is 0 Å². The predicted octanol–water partition coefficient (Wildman–Crippen LogP) is 3.46. The van der Waals surface area contributed by atoms with Gasteiger partial charge in [0.2, 0.25) is 0 Å². The normalized spacial score (nSPS) is 18.6. The summed E-state index contributed by atoms with van der Waals surface area (Å²) in [7, 11) is 0. The Morgan fingerprint density at radius 1 is 1.04 bits per heavy atom. The first-order valence-corrected chi connectivity index (χ1v) is 8.90. The molecule has 1 saturated heterocycles. The molecule has 0 spiro atoms. The van der Waals surface area contributed by atoms with Gasteiger partial charge in [-0.15, -0.1) is 0 Å². The van der Waals surface area contributed by atoms with Crippen molar-refractivity contribution >= 4 is 5.97 Å². The van der Waals surface area contributed by atoms with E-state index < -0.39 is 0 Å². The van der Waals surface area contributed by atoms with Gasteiger partial charge in [-0.2, -0.15) is 0 Å². The number of carbonyl (C=O) groups is 1. The Labute approximate surface area is 149 Å². The van der Waals surface area contributed by atoms with E-state index in [1.165, 1.54) is 5.56 Å². The summed E-state index contributed by atoms with van der Waals surface area (Å²) in [6.45, 7) is 1.80. The second kappa shape index (κ2) is 9.35. The third-order valence-corrected chi connectivity index (χ3v) is 4.42. The highest BCUT2D eigenvalue weighted by molar-refractivity contribution is 5.70. The van der Waals surface area contributed by atoms with Crippen LogP contribution in [0.15, 0.2) is 60.7 Å². The SMILES string of the molecule is O=C1CCCC(C(COCc2ccccc2)NCc2ccccc2)O1. The molecule has 0 amide bonds. The molecule has 1 heterocycles. The molecule has 0 saturated carbocycles. The van der Waals surface area contributed by atoms with Crippen LogP contribution in [0.25, 0.3) is 0 Å². The monoisotopic (exact) mass is 339 g/mol. The molecule has 1 N–H and O–H groups in total. The smallest absolute Gasteiger partial charge is 0.306 e. The summed E-state index contributed by atoms with van der Waals surface area (Å²) in [4.78, 5) is 11.7. The molecule has 1 aliphatic heterocycles. The summed E-state index contributed by atoms with van der Waals surface area (Å²) < 4.78 is 11.5.